The predicted molar refractivity (Wildman–Crippen MR) is 135 cm³/mol. The predicted octanol–water partition coefficient (Wildman–Crippen LogP) is 5.83. The standard InChI is InChI=1S/C28H29NO4S/c1-3-22(15-28(31)32)23-7-9-25(10-8-23)33-18-21-6-4-5-20(13-21)16-29-12-11-26-24(17-29)14-27(34-26)19(2)30/h3-10,13-14,22H,1,11-12,15-18H2,2H3,(H,31,32)/t22-/m0/s1. The fourth-order valence-corrected chi connectivity index (χ4v) is 5.34. The molecule has 1 atom stereocenters. The van der Waals surface area contributed by atoms with Gasteiger partial charge in [0.25, 0.3) is 0 Å². The lowest BCUT2D eigenvalue weighted by Crippen LogP contribution is -2.29. The second-order valence-corrected chi connectivity index (χ2v) is 9.83. The number of thiophene rings is 1. The molecule has 0 radical (unpaired) electrons. The fraction of sp³-hybridized carbons (Fsp3) is 0.286. The summed E-state index contributed by atoms with van der Waals surface area (Å²) in [5, 5.41) is 9.04. The quantitative estimate of drug-likeness (QED) is 0.295. The van der Waals surface area contributed by atoms with Crippen molar-refractivity contribution in [1.29, 1.82) is 0 Å². The van der Waals surface area contributed by atoms with Gasteiger partial charge in [0.05, 0.1) is 11.3 Å². The molecule has 0 amide bonds. The van der Waals surface area contributed by atoms with Crippen LogP contribution in [0.5, 0.6) is 5.75 Å². The van der Waals surface area contributed by atoms with Crippen molar-refractivity contribution in [3.05, 3.63) is 99.3 Å². The lowest BCUT2D eigenvalue weighted by molar-refractivity contribution is -0.137. The molecule has 0 spiro atoms. The van der Waals surface area contributed by atoms with Gasteiger partial charge < -0.3 is 9.84 Å². The zero-order valence-corrected chi connectivity index (χ0v) is 20.1. The number of carbonyl (C=O) groups excluding carboxylic acids is 1. The van der Waals surface area contributed by atoms with Crippen LogP contribution in [0.25, 0.3) is 0 Å². The van der Waals surface area contributed by atoms with Crippen LogP contribution in [0.1, 0.15) is 56.1 Å². The largest absolute Gasteiger partial charge is 0.489 e. The highest BCUT2D eigenvalue weighted by molar-refractivity contribution is 7.14. The topological polar surface area (TPSA) is 66.8 Å². The van der Waals surface area contributed by atoms with E-state index in [0.717, 1.165) is 47.8 Å². The molecule has 4 rings (SSSR count). The van der Waals surface area contributed by atoms with E-state index in [1.807, 2.05) is 24.3 Å². The number of ketones is 1. The Balaban J connectivity index is 1.33. The van der Waals surface area contributed by atoms with Gasteiger partial charge in [0, 0.05) is 30.4 Å². The van der Waals surface area contributed by atoms with Crippen molar-refractivity contribution in [1.82, 2.24) is 4.90 Å². The molecule has 3 aromatic rings. The molecule has 0 fully saturated rings. The van der Waals surface area contributed by atoms with E-state index >= 15 is 0 Å². The molecule has 1 N–H and O–H groups in total. The maximum absolute atomic E-state index is 11.7. The molecule has 176 valence electrons. The number of hydrogen-bond donors (Lipinski definition) is 1. The van der Waals surface area contributed by atoms with Crippen LogP contribution in [0.15, 0.2) is 67.3 Å². The number of Topliss-reactive ketones (excluding diaryl/α,β-unsaturated/α-hetero) is 1. The minimum absolute atomic E-state index is 0.0269. The number of nitrogens with zero attached hydrogens (tertiary/aromatic N) is 1. The summed E-state index contributed by atoms with van der Waals surface area (Å²) in [4.78, 5) is 27.3. The van der Waals surface area contributed by atoms with E-state index in [-0.39, 0.29) is 18.1 Å². The highest BCUT2D eigenvalue weighted by Crippen LogP contribution is 2.29. The number of benzene rings is 2. The van der Waals surface area contributed by atoms with Crippen LogP contribution in [0.2, 0.25) is 0 Å². The van der Waals surface area contributed by atoms with Crippen LogP contribution in [-0.4, -0.2) is 28.3 Å². The lowest BCUT2D eigenvalue weighted by atomic mass is 9.96. The molecule has 0 saturated carbocycles. The van der Waals surface area contributed by atoms with E-state index in [4.69, 9.17) is 9.84 Å². The van der Waals surface area contributed by atoms with E-state index < -0.39 is 5.97 Å². The number of hydrogen-bond acceptors (Lipinski definition) is 5. The van der Waals surface area contributed by atoms with Gasteiger partial charge in [0.1, 0.15) is 12.4 Å². The van der Waals surface area contributed by atoms with Crippen molar-refractivity contribution in [2.24, 2.45) is 0 Å². The van der Waals surface area contributed by atoms with Crippen molar-refractivity contribution in [2.75, 3.05) is 6.54 Å². The maximum Gasteiger partial charge on any atom is 0.304 e. The Morgan fingerprint density at radius 2 is 1.94 bits per heavy atom. The number of aliphatic carboxylic acids is 1. The van der Waals surface area contributed by atoms with Gasteiger partial charge >= 0.3 is 5.97 Å². The number of ether oxygens (including phenoxy) is 1. The summed E-state index contributed by atoms with van der Waals surface area (Å²) >= 11 is 1.64. The third-order valence-electron chi connectivity index (χ3n) is 6.08. The first-order chi connectivity index (χ1) is 16.4. The van der Waals surface area contributed by atoms with Gasteiger partial charge in [-0.15, -0.1) is 17.9 Å². The Kier molecular flexibility index (Phi) is 7.60. The molecule has 2 aromatic carbocycles. The number of rotatable bonds is 10. The first-order valence-electron chi connectivity index (χ1n) is 11.4. The molecule has 1 aromatic heterocycles. The van der Waals surface area contributed by atoms with Crippen molar-refractivity contribution < 1.29 is 19.4 Å². The van der Waals surface area contributed by atoms with E-state index in [0.29, 0.717) is 6.61 Å². The Hall–Kier alpha value is -3.22. The minimum atomic E-state index is -0.841. The van der Waals surface area contributed by atoms with E-state index in [1.165, 1.54) is 16.0 Å². The number of fused-ring (bicyclic) bond motifs is 1. The van der Waals surface area contributed by atoms with E-state index in [1.54, 1.807) is 24.3 Å². The van der Waals surface area contributed by atoms with Crippen LogP contribution in [0.4, 0.5) is 0 Å². The van der Waals surface area contributed by atoms with Crippen LogP contribution in [0, 0.1) is 0 Å². The average molecular weight is 476 g/mol. The molecule has 0 bridgehead atoms. The first-order valence-corrected chi connectivity index (χ1v) is 12.2. The number of carbonyl (C=O) groups is 2. The Bertz CT molecular complexity index is 1180. The molecule has 1 aliphatic rings. The molecule has 0 saturated heterocycles. The molecule has 0 aliphatic carbocycles. The third kappa shape index (κ3) is 6.01. The summed E-state index contributed by atoms with van der Waals surface area (Å²) < 4.78 is 5.97. The summed E-state index contributed by atoms with van der Waals surface area (Å²) in [6.45, 7) is 8.57. The Labute approximate surface area is 204 Å². The number of carboxylic acid groups (broad SMARTS) is 1. The second kappa shape index (κ2) is 10.8. The van der Waals surface area contributed by atoms with Crippen LogP contribution in [-0.2, 0) is 30.9 Å². The zero-order valence-electron chi connectivity index (χ0n) is 19.3. The van der Waals surface area contributed by atoms with Gasteiger partial charge in [-0.3, -0.25) is 14.5 Å². The van der Waals surface area contributed by atoms with Gasteiger partial charge in [0.2, 0.25) is 0 Å². The SMILES string of the molecule is C=C[C@@H](CC(=O)O)c1ccc(OCc2cccc(CN3CCc4sc(C(C)=O)cc4C3)c2)cc1. The lowest BCUT2D eigenvalue weighted by Gasteiger charge is -2.26. The van der Waals surface area contributed by atoms with Crippen molar-refractivity contribution in [3.8, 4) is 5.75 Å². The van der Waals surface area contributed by atoms with Gasteiger partial charge in [-0.25, -0.2) is 0 Å². The van der Waals surface area contributed by atoms with Gasteiger partial charge in [-0.2, -0.15) is 0 Å². The molecule has 2 heterocycles. The summed E-state index contributed by atoms with van der Waals surface area (Å²) in [5.74, 6) is -0.160. The van der Waals surface area contributed by atoms with Crippen molar-refractivity contribution in [2.45, 2.75) is 45.4 Å². The molecular formula is C28H29NO4S. The van der Waals surface area contributed by atoms with Crippen molar-refractivity contribution in [3.63, 3.8) is 0 Å². The number of carboxylic acids is 1. The fourth-order valence-electron chi connectivity index (χ4n) is 4.28. The monoisotopic (exact) mass is 475 g/mol. The van der Waals surface area contributed by atoms with Crippen LogP contribution >= 0.6 is 11.3 Å². The Morgan fingerprint density at radius 3 is 2.65 bits per heavy atom. The highest BCUT2D eigenvalue weighted by atomic mass is 32.1. The van der Waals surface area contributed by atoms with Crippen LogP contribution in [0.3, 0.4) is 0 Å². The summed E-state index contributed by atoms with van der Waals surface area (Å²) in [6.07, 6.45) is 2.68. The molecule has 5 nitrogen and oxygen atoms in total. The third-order valence-corrected chi connectivity index (χ3v) is 7.42. The first kappa shape index (κ1) is 23.9. The van der Waals surface area contributed by atoms with Gasteiger partial charge in [-0.1, -0.05) is 42.5 Å². The second-order valence-electron chi connectivity index (χ2n) is 8.69. The van der Waals surface area contributed by atoms with E-state index in [2.05, 4.69) is 41.8 Å². The summed E-state index contributed by atoms with van der Waals surface area (Å²) in [5.41, 5.74) is 4.54. The zero-order chi connectivity index (χ0) is 24.1. The number of allylic oxidation sites excluding steroid dienone is 1. The molecule has 34 heavy (non-hydrogen) atoms. The Morgan fingerprint density at radius 1 is 1.18 bits per heavy atom. The molecule has 0 unspecified atom stereocenters. The normalized spacial score (nSPS) is 14.3. The van der Waals surface area contributed by atoms with Crippen molar-refractivity contribution >= 4 is 23.1 Å². The average Bonchev–Trinajstić information content (AvgIpc) is 3.26. The summed E-state index contributed by atoms with van der Waals surface area (Å²) in [7, 11) is 0. The van der Waals surface area contributed by atoms with Gasteiger partial charge in [0.15, 0.2) is 5.78 Å². The molecule has 1 aliphatic heterocycles. The maximum atomic E-state index is 11.7. The molecule has 6 heteroatoms. The van der Waals surface area contributed by atoms with E-state index in [9.17, 15) is 9.59 Å². The smallest absolute Gasteiger partial charge is 0.304 e. The van der Waals surface area contributed by atoms with Gasteiger partial charge in [-0.05, 0) is 53.8 Å². The minimum Gasteiger partial charge on any atom is -0.489 e. The van der Waals surface area contributed by atoms with Crippen LogP contribution < -0.4 is 4.74 Å². The summed E-state index contributed by atoms with van der Waals surface area (Å²) in [6, 6.07) is 18.0. The highest BCUT2D eigenvalue weighted by Gasteiger charge is 2.20. The molecular weight excluding hydrogens is 446 g/mol.